The molecule has 0 radical (unpaired) electrons. The third kappa shape index (κ3) is 12.9. The van der Waals surface area contributed by atoms with Crippen LogP contribution in [0, 0.1) is 0 Å². The summed E-state index contributed by atoms with van der Waals surface area (Å²) in [7, 11) is 0. The lowest BCUT2D eigenvalue weighted by atomic mass is 9.99. The minimum Gasteiger partial charge on any atom is -0.462 e. The van der Waals surface area contributed by atoms with Crippen LogP contribution in [-0.4, -0.2) is 251 Å². The van der Waals surface area contributed by atoms with E-state index < -0.39 is 149 Å². The van der Waals surface area contributed by atoms with Crippen LogP contribution in [0.3, 0.4) is 0 Å². The summed E-state index contributed by atoms with van der Waals surface area (Å²) in [6.07, 6.45) is -27.4. The molecule has 9 heterocycles. The van der Waals surface area contributed by atoms with E-state index in [1.165, 1.54) is 0 Å². The van der Waals surface area contributed by atoms with Crippen molar-refractivity contribution in [2.45, 2.75) is 136 Å². The number of hydrogen-bond donors (Lipinski definition) is 18. The van der Waals surface area contributed by atoms with Crippen molar-refractivity contribution >= 4 is 34.2 Å². The number of aromatic amines is 2. The Labute approximate surface area is 545 Å². The number of aliphatic hydroxyl groups excluding tert-OH is 16. The molecule has 0 amide bonds. The number of ether oxygens (including phenoxy) is 8. The Morgan fingerprint density at radius 2 is 0.583 bits per heavy atom. The minimum atomic E-state index is -1.74. The molecule has 96 heavy (non-hydrogen) atoms. The molecule has 7 aromatic rings. The molecule has 3 aromatic heterocycles. The highest BCUT2D eigenvalue weighted by atomic mass is 16.7. The quantitative estimate of drug-likeness (QED) is 0.0588. The van der Waals surface area contributed by atoms with Gasteiger partial charge in [0.25, 0.3) is 0 Å². The summed E-state index contributed by atoms with van der Waals surface area (Å²) in [4.78, 5) is 18.1. The van der Waals surface area contributed by atoms with Gasteiger partial charge in [0.15, 0.2) is 0 Å². The standard InChI is InChI=1S/C68H72N4O24/c73-25-45-53(77)57(81)61(85)65(93-45)89-33-9-1-5-29(21-33)49-37-13-15-39(69-37)50(30-6-2-10-34(22-30)90-66-62(86)58(82)54(78)46(26-74)94-66)41-17-19-43(71-41)52(32-8-4-12-36(24-32)92-68-64(88)60(84)56(80)48(28-76)96-68)44-20-18-42(72-44)51(40-16-14-38(49)70-40)31-7-3-11-35(23-31)91-67-63(87)59(83)55(79)47(27-75)95-67/h1-17,19,21-24,45-48,53-68,70-71,73-88H,18,20,25-28H2/t45-,46-,47-,48-,53-,54-,55-,56-,57+,58+,59+,60+,61-,62-,63-,64-,65-,66-,67-,68-/m1/s1. The molecule has 4 aromatic carbocycles. The van der Waals surface area contributed by atoms with Gasteiger partial charge in [-0.15, -0.1) is 0 Å². The van der Waals surface area contributed by atoms with E-state index in [1.54, 1.807) is 97.1 Å². The number of H-pyrrole nitrogens is 2. The van der Waals surface area contributed by atoms with Crippen molar-refractivity contribution in [3.8, 4) is 67.5 Å². The highest BCUT2D eigenvalue weighted by molar-refractivity contribution is 5.97. The maximum atomic E-state index is 11.1. The zero-order chi connectivity index (χ0) is 67.4. The number of nitrogens with zero attached hydrogens (tertiary/aromatic N) is 2. The van der Waals surface area contributed by atoms with Crippen LogP contribution in [0.15, 0.2) is 121 Å². The van der Waals surface area contributed by atoms with Gasteiger partial charge in [-0.3, -0.25) is 4.98 Å². The highest BCUT2D eigenvalue weighted by Crippen LogP contribution is 2.42. The first-order valence-corrected chi connectivity index (χ1v) is 31.1. The number of nitrogens with one attached hydrogen (secondary N) is 2. The van der Waals surface area contributed by atoms with Crippen LogP contribution < -0.4 is 18.9 Å². The zero-order valence-corrected chi connectivity index (χ0v) is 50.8. The number of hydrogen-bond acceptors (Lipinski definition) is 26. The van der Waals surface area contributed by atoms with Crippen LogP contribution in [0.1, 0.15) is 22.8 Å². The van der Waals surface area contributed by atoms with Gasteiger partial charge in [-0.05, 0) is 120 Å². The Morgan fingerprint density at radius 1 is 0.323 bits per heavy atom. The third-order valence-electron chi connectivity index (χ3n) is 17.9. The van der Waals surface area contributed by atoms with E-state index in [1.807, 2.05) is 36.4 Å². The number of fused-ring (bicyclic) bond motifs is 8. The van der Waals surface area contributed by atoms with E-state index in [9.17, 15) is 81.7 Å². The predicted octanol–water partition coefficient (Wildman–Crippen LogP) is -0.347. The van der Waals surface area contributed by atoms with E-state index in [-0.39, 0.29) is 23.0 Å². The molecular formula is C68H72N4O24. The molecule has 8 bridgehead atoms. The molecule has 13 rings (SSSR count). The van der Waals surface area contributed by atoms with E-state index in [0.29, 0.717) is 102 Å². The largest absolute Gasteiger partial charge is 0.462 e. The van der Waals surface area contributed by atoms with Crippen molar-refractivity contribution in [2.24, 2.45) is 0 Å². The lowest BCUT2D eigenvalue weighted by Crippen LogP contribution is -2.60. The van der Waals surface area contributed by atoms with Gasteiger partial charge in [-0.2, -0.15) is 0 Å². The average molecular weight is 1330 g/mol. The van der Waals surface area contributed by atoms with Crippen molar-refractivity contribution in [2.75, 3.05) is 26.4 Å². The fourth-order valence-electron chi connectivity index (χ4n) is 12.8. The molecule has 28 nitrogen and oxygen atoms in total. The SMILES string of the molecule is OC[C@H]1O[C@@H](Oc2cccc(-c3c4nc(c(-c5cccc(O[C@@H]6O[C@H](CO)[C@@H](O)[C@H](O)[C@H]6O)c5)c5ccc([nH]5)c(-c5cccc(O[C@@H]6O[C@H](CO)[C@@H](O)[C@H](O)[C@H]6O)c5)c5nc(c(-c6cccc(O[C@@H]7O[C@H](CO)[C@@H](O)[C@H](O)[C@H]7O)c6)c6ccc3[nH]6)CC5)C=C4)c2)[C@H](O)[C@@H](O)[C@@H]1O. The summed E-state index contributed by atoms with van der Waals surface area (Å²) < 4.78 is 47.7. The number of aliphatic hydroxyl groups is 16. The summed E-state index contributed by atoms with van der Waals surface area (Å²) in [6, 6.07) is 34.3. The summed E-state index contributed by atoms with van der Waals surface area (Å²) in [6.45, 7) is -2.76. The molecular weight excluding hydrogens is 1260 g/mol. The molecule has 6 aliphatic heterocycles. The van der Waals surface area contributed by atoms with Crippen molar-refractivity contribution in [1.82, 2.24) is 19.9 Å². The predicted molar refractivity (Wildman–Crippen MR) is 337 cm³/mol. The Kier molecular flexibility index (Phi) is 19.4. The van der Waals surface area contributed by atoms with Crippen LogP contribution in [0.4, 0.5) is 0 Å². The van der Waals surface area contributed by atoms with Crippen molar-refractivity contribution in [3.05, 3.63) is 144 Å². The van der Waals surface area contributed by atoms with Gasteiger partial charge >= 0.3 is 0 Å². The second-order valence-electron chi connectivity index (χ2n) is 24.2. The van der Waals surface area contributed by atoms with Crippen molar-refractivity contribution in [3.63, 3.8) is 0 Å². The average Bonchev–Trinajstić information content (AvgIpc) is 1.62. The molecule has 20 atom stereocenters. The maximum absolute atomic E-state index is 11.1. The molecule has 0 spiro atoms. The second-order valence-corrected chi connectivity index (χ2v) is 24.2. The molecule has 18 N–H and O–H groups in total. The number of rotatable bonds is 16. The van der Waals surface area contributed by atoms with E-state index in [2.05, 4.69) is 9.97 Å². The Hall–Kier alpha value is -7.86. The lowest BCUT2D eigenvalue weighted by molar-refractivity contribution is -0.277. The van der Waals surface area contributed by atoms with Gasteiger partial charge < -0.3 is 130 Å². The monoisotopic (exact) mass is 1330 g/mol. The normalized spacial score (nSPS) is 31.4. The fourth-order valence-corrected chi connectivity index (χ4v) is 12.8. The van der Waals surface area contributed by atoms with Crippen molar-refractivity contribution in [1.29, 1.82) is 0 Å². The minimum absolute atomic E-state index is 0.141. The summed E-state index contributed by atoms with van der Waals surface area (Å²) >= 11 is 0. The van der Waals surface area contributed by atoms with Gasteiger partial charge in [-0.1, -0.05) is 48.5 Å². The van der Waals surface area contributed by atoms with Crippen LogP contribution >= 0.6 is 0 Å². The number of aromatic nitrogens is 4. The fraction of sp³-hybridized carbons (Fsp3) is 0.382. The van der Waals surface area contributed by atoms with Gasteiger partial charge in [0.1, 0.15) is 121 Å². The van der Waals surface area contributed by atoms with Gasteiger partial charge in [0.2, 0.25) is 25.2 Å². The van der Waals surface area contributed by atoms with Crippen LogP contribution in [-0.2, 0) is 31.8 Å². The molecule has 0 unspecified atom stereocenters. The van der Waals surface area contributed by atoms with Gasteiger partial charge in [-0.25, -0.2) is 4.98 Å². The molecule has 508 valence electrons. The lowest BCUT2D eigenvalue weighted by Gasteiger charge is -2.39. The Bertz CT molecular complexity index is 3890. The third-order valence-corrected chi connectivity index (χ3v) is 17.9. The zero-order valence-electron chi connectivity index (χ0n) is 50.8. The highest BCUT2D eigenvalue weighted by Gasteiger charge is 2.48. The number of aryl methyl sites for hydroxylation is 2. The van der Waals surface area contributed by atoms with E-state index >= 15 is 0 Å². The van der Waals surface area contributed by atoms with E-state index in [4.69, 9.17) is 47.9 Å². The maximum Gasteiger partial charge on any atom is 0.229 e. The summed E-state index contributed by atoms with van der Waals surface area (Å²) in [5.74, 6) is 0.594. The molecule has 4 fully saturated rings. The van der Waals surface area contributed by atoms with Crippen molar-refractivity contribution < 1.29 is 120 Å². The first kappa shape index (κ1) is 66.7. The molecule has 6 aliphatic rings. The first-order chi connectivity index (χ1) is 46.3. The van der Waals surface area contributed by atoms with Gasteiger partial charge in [0.05, 0.1) is 49.2 Å². The summed E-state index contributed by atoms with van der Waals surface area (Å²) in [5, 5.41) is 169. The van der Waals surface area contributed by atoms with Crippen LogP contribution in [0.2, 0.25) is 0 Å². The van der Waals surface area contributed by atoms with Gasteiger partial charge in [0, 0.05) is 44.3 Å². The Morgan fingerprint density at radius 3 is 0.854 bits per heavy atom. The molecule has 0 saturated carbocycles. The summed E-state index contributed by atoms with van der Waals surface area (Å²) in [5.41, 5.74) is 8.08. The first-order valence-electron chi connectivity index (χ1n) is 31.1. The second kappa shape index (κ2) is 27.9. The van der Waals surface area contributed by atoms with Crippen LogP contribution in [0.5, 0.6) is 23.0 Å². The smallest absolute Gasteiger partial charge is 0.229 e. The molecule has 28 heteroatoms. The topological polar surface area (TPSA) is 455 Å². The van der Waals surface area contributed by atoms with E-state index in [0.717, 1.165) is 0 Å². The Balaban J connectivity index is 1.03. The molecule has 0 aliphatic carbocycles. The molecule has 4 saturated heterocycles. The number of benzene rings is 4. The van der Waals surface area contributed by atoms with Crippen LogP contribution in [0.25, 0.3) is 78.7 Å².